The number of rotatable bonds is 7. The van der Waals surface area contributed by atoms with Gasteiger partial charge in [0.1, 0.15) is 18.1 Å². The number of piperazine rings is 1. The van der Waals surface area contributed by atoms with E-state index < -0.39 is 22.4 Å². The smallest absolute Gasteiger partial charge is 0.264 e. The van der Waals surface area contributed by atoms with E-state index in [4.69, 9.17) is 16.3 Å². The molecule has 1 aliphatic rings. The highest BCUT2D eigenvalue weighted by molar-refractivity contribution is 7.92. The Labute approximate surface area is 209 Å². The Hall–Kier alpha value is -3.30. The van der Waals surface area contributed by atoms with Gasteiger partial charge in [-0.25, -0.2) is 12.8 Å². The first-order valence-electron chi connectivity index (χ1n) is 11.0. The molecule has 4 rings (SSSR count). The van der Waals surface area contributed by atoms with Gasteiger partial charge in [0.15, 0.2) is 0 Å². The first-order chi connectivity index (χ1) is 16.8. The van der Waals surface area contributed by atoms with Gasteiger partial charge in [0, 0.05) is 36.9 Å². The SMILES string of the molecule is COc1ccc(S(=O)(=O)N(CC(=O)N2CCN(c3cccc(Cl)c3)CC2)c2ccc(F)cc2)cc1. The van der Waals surface area contributed by atoms with Gasteiger partial charge in [-0.1, -0.05) is 17.7 Å². The molecule has 184 valence electrons. The quantitative estimate of drug-likeness (QED) is 0.473. The van der Waals surface area contributed by atoms with E-state index in [0.717, 1.165) is 9.99 Å². The van der Waals surface area contributed by atoms with E-state index in [1.807, 2.05) is 18.2 Å². The summed E-state index contributed by atoms with van der Waals surface area (Å²) >= 11 is 6.09. The minimum Gasteiger partial charge on any atom is -0.497 e. The van der Waals surface area contributed by atoms with Gasteiger partial charge in [-0.05, 0) is 66.7 Å². The van der Waals surface area contributed by atoms with Crippen LogP contribution in [0.2, 0.25) is 5.02 Å². The van der Waals surface area contributed by atoms with Crippen LogP contribution >= 0.6 is 11.6 Å². The third-order valence-electron chi connectivity index (χ3n) is 5.85. The third kappa shape index (κ3) is 5.68. The number of benzene rings is 3. The number of carbonyl (C=O) groups excluding carboxylic acids is 1. The number of sulfonamides is 1. The van der Waals surface area contributed by atoms with Crippen LogP contribution < -0.4 is 13.9 Å². The van der Waals surface area contributed by atoms with Gasteiger partial charge in [0.05, 0.1) is 17.7 Å². The molecule has 0 atom stereocenters. The maximum absolute atomic E-state index is 13.5. The lowest BCUT2D eigenvalue weighted by atomic mass is 10.2. The molecule has 1 amide bonds. The molecular weight excluding hydrogens is 493 g/mol. The number of hydrogen-bond donors (Lipinski definition) is 0. The van der Waals surface area contributed by atoms with Gasteiger partial charge < -0.3 is 14.5 Å². The maximum Gasteiger partial charge on any atom is 0.264 e. The van der Waals surface area contributed by atoms with Crippen molar-refractivity contribution >= 4 is 38.9 Å². The van der Waals surface area contributed by atoms with Crippen molar-refractivity contribution in [3.05, 3.63) is 83.6 Å². The highest BCUT2D eigenvalue weighted by Gasteiger charge is 2.30. The van der Waals surface area contributed by atoms with Crippen molar-refractivity contribution < 1.29 is 22.3 Å². The number of halogens is 2. The molecule has 0 bridgehead atoms. The minimum absolute atomic E-state index is 0.00111. The van der Waals surface area contributed by atoms with Gasteiger partial charge in [0.25, 0.3) is 10.0 Å². The topological polar surface area (TPSA) is 70.2 Å². The molecule has 7 nitrogen and oxygen atoms in total. The minimum atomic E-state index is -4.10. The number of nitrogens with zero attached hydrogens (tertiary/aromatic N) is 3. The van der Waals surface area contributed by atoms with Gasteiger partial charge in [-0.15, -0.1) is 0 Å². The number of carbonyl (C=O) groups is 1. The summed E-state index contributed by atoms with van der Waals surface area (Å²) in [6, 6.07) is 18.4. The summed E-state index contributed by atoms with van der Waals surface area (Å²) in [5.74, 6) is -0.331. The highest BCUT2D eigenvalue weighted by Crippen LogP contribution is 2.26. The molecule has 3 aromatic rings. The first kappa shape index (κ1) is 24.8. The van der Waals surface area contributed by atoms with E-state index >= 15 is 0 Å². The van der Waals surface area contributed by atoms with Crippen molar-refractivity contribution in [2.24, 2.45) is 0 Å². The zero-order valence-corrected chi connectivity index (χ0v) is 20.7. The average molecular weight is 518 g/mol. The molecule has 0 saturated carbocycles. The van der Waals surface area contributed by atoms with Crippen LogP contribution in [0.5, 0.6) is 5.75 Å². The van der Waals surface area contributed by atoms with Crippen molar-refractivity contribution in [2.45, 2.75) is 4.90 Å². The summed E-state index contributed by atoms with van der Waals surface area (Å²) < 4.78 is 46.7. The monoisotopic (exact) mass is 517 g/mol. The van der Waals surface area contributed by atoms with Crippen LogP contribution in [0.4, 0.5) is 15.8 Å². The van der Waals surface area contributed by atoms with Crippen LogP contribution in [0.1, 0.15) is 0 Å². The van der Waals surface area contributed by atoms with Gasteiger partial charge >= 0.3 is 0 Å². The van der Waals surface area contributed by atoms with Crippen LogP contribution in [-0.2, 0) is 14.8 Å². The lowest BCUT2D eigenvalue weighted by Crippen LogP contribution is -2.52. The fourth-order valence-electron chi connectivity index (χ4n) is 3.91. The van der Waals surface area contributed by atoms with Gasteiger partial charge in [-0.3, -0.25) is 9.10 Å². The van der Waals surface area contributed by atoms with E-state index in [1.165, 1.54) is 55.6 Å². The molecular formula is C25H25ClFN3O4S. The zero-order valence-electron chi connectivity index (χ0n) is 19.1. The molecule has 3 aromatic carbocycles. The number of methoxy groups -OCH3 is 1. The van der Waals surface area contributed by atoms with Crippen LogP contribution in [-0.4, -0.2) is 59.1 Å². The van der Waals surface area contributed by atoms with Crippen LogP contribution in [0.15, 0.2) is 77.7 Å². The second-order valence-corrected chi connectivity index (χ2v) is 10.3. The second-order valence-electron chi connectivity index (χ2n) is 8.01. The van der Waals surface area contributed by atoms with Crippen molar-refractivity contribution in [3.8, 4) is 5.75 Å². The number of ether oxygens (including phenoxy) is 1. The van der Waals surface area contributed by atoms with Crippen molar-refractivity contribution in [1.29, 1.82) is 0 Å². The van der Waals surface area contributed by atoms with Crippen LogP contribution in [0.25, 0.3) is 0 Å². The van der Waals surface area contributed by atoms with Crippen LogP contribution in [0.3, 0.4) is 0 Å². The number of hydrogen-bond acceptors (Lipinski definition) is 5. The summed E-state index contributed by atoms with van der Waals surface area (Å²) in [7, 11) is -2.62. The Morgan fingerprint density at radius 2 is 1.66 bits per heavy atom. The second kappa shape index (κ2) is 10.5. The van der Waals surface area contributed by atoms with E-state index in [1.54, 1.807) is 11.0 Å². The van der Waals surface area contributed by atoms with Gasteiger partial charge in [0.2, 0.25) is 5.91 Å². The summed E-state index contributed by atoms with van der Waals surface area (Å²) in [6.45, 7) is 1.65. The van der Waals surface area contributed by atoms with E-state index in [0.29, 0.717) is 37.0 Å². The molecule has 0 spiro atoms. The third-order valence-corrected chi connectivity index (χ3v) is 7.87. The summed E-state index contributed by atoms with van der Waals surface area (Å²) in [5, 5.41) is 0.639. The lowest BCUT2D eigenvalue weighted by Gasteiger charge is -2.37. The number of amides is 1. The fraction of sp³-hybridized carbons (Fsp3) is 0.240. The molecule has 1 fully saturated rings. The molecule has 1 saturated heterocycles. The average Bonchev–Trinajstić information content (AvgIpc) is 2.88. The fourth-order valence-corrected chi connectivity index (χ4v) is 5.51. The van der Waals surface area contributed by atoms with E-state index in [2.05, 4.69) is 4.90 Å². The largest absolute Gasteiger partial charge is 0.497 e. The molecule has 10 heteroatoms. The van der Waals surface area contributed by atoms with Gasteiger partial charge in [-0.2, -0.15) is 0 Å². The van der Waals surface area contributed by atoms with E-state index in [-0.39, 0.29) is 16.5 Å². The maximum atomic E-state index is 13.5. The summed E-state index contributed by atoms with van der Waals surface area (Å²) in [6.07, 6.45) is 0. The van der Waals surface area contributed by atoms with Crippen molar-refractivity contribution in [3.63, 3.8) is 0 Å². The summed E-state index contributed by atoms with van der Waals surface area (Å²) in [4.78, 5) is 17.0. The van der Waals surface area contributed by atoms with E-state index in [9.17, 15) is 17.6 Å². The molecule has 1 heterocycles. The zero-order chi connectivity index (χ0) is 25.0. The standard InChI is InChI=1S/C25H25ClFN3O4S/c1-34-23-9-11-24(12-10-23)35(32,33)30(21-7-5-20(27)6-8-21)18-25(31)29-15-13-28(14-16-29)22-4-2-3-19(26)17-22/h2-12,17H,13-16,18H2,1H3. The predicted octanol–water partition coefficient (Wildman–Crippen LogP) is 4.03. The first-order valence-corrected chi connectivity index (χ1v) is 12.8. The number of anilines is 2. The Balaban J connectivity index is 1.53. The molecule has 0 unspecified atom stereocenters. The van der Waals surface area contributed by atoms with Crippen LogP contribution in [0, 0.1) is 5.82 Å². The Morgan fingerprint density at radius 3 is 2.26 bits per heavy atom. The highest BCUT2D eigenvalue weighted by atomic mass is 35.5. The lowest BCUT2D eigenvalue weighted by molar-refractivity contribution is -0.129. The molecule has 0 N–H and O–H groups in total. The summed E-state index contributed by atoms with van der Waals surface area (Å²) in [5.41, 5.74) is 1.17. The normalized spacial score (nSPS) is 14.0. The van der Waals surface area contributed by atoms with Crippen molar-refractivity contribution in [2.75, 3.05) is 49.0 Å². The molecule has 0 radical (unpaired) electrons. The Bertz CT molecular complexity index is 1280. The molecule has 35 heavy (non-hydrogen) atoms. The molecule has 1 aliphatic heterocycles. The molecule has 0 aliphatic carbocycles. The Morgan fingerprint density at radius 1 is 1.00 bits per heavy atom. The predicted molar refractivity (Wildman–Crippen MR) is 134 cm³/mol. The molecule has 0 aromatic heterocycles. The van der Waals surface area contributed by atoms with Crippen molar-refractivity contribution in [1.82, 2.24) is 4.90 Å². The Kier molecular flexibility index (Phi) is 7.47.